The molecule has 134 valence electrons. The van der Waals surface area contributed by atoms with Crippen LogP contribution in [0.2, 0.25) is 0 Å². The standard InChI is InChI=1S/C18H16N2O4S2/c1-12-5-2-3-6-15(12)19-18(22)14-9-8-13(11-16(14)21)20-26(23,24)17-7-4-10-25-17/h2-11,20-21H,1H3,(H,19,22). The smallest absolute Gasteiger partial charge is 0.271 e. The highest BCUT2D eigenvalue weighted by Crippen LogP contribution is 2.26. The Hall–Kier alpha value is -2.84. The van der Waals surface area contributed by atoms with E-state index in [0.29, 0.717) is 5.69 Å². The summed E-state index contributed by atoms with van der Waals surface area (Å²) in [5, 5.41) is 14.5. The van der Waals surface area contributed by atoms with Gasteiger partial charge < -0.3 is 10.4 Å². The lowest BCUT2D eigenvalue weighted by molar-refractivity contribution is 0.102. The summed E-state index contributed by atoms with van der Waals surface area (Å²) < 4.78 is 27.0. The number of benzene rings is 2. The van der Waals surface area contributed by atoms with E-state index in [1.165, 1.54) is 24.3 Å². The molecule has 0 bridgehead atoms. The van der Waals surface area contributed by atoms with Crippen LogP contribution in [0.1, 0.15) is 15.9 Å². The number of amides is 1. The highest BCUT2D eigenvalue weighted by molar-refractivity contribution is 7.94. The van der Waals surface area contributed by atoms with Crippen LogP contribution in [0.4, 0.5) is 11.4 Å². The maximum Gasteiger partial charge on any atom is 0.271 e. The summed E-state index contributed by atoms with van der Waals surface area (Å²) in [5.41, 5.74) is 1.75. The summed E-state index contributed by atoms with van der Waals surface area (Å²) in [6.45, 7) is 1.86. The zero-order valence-electron chi connectivity index (χ0n) is 13.8. The van der Waals surface area contributed by atoms with Crippen LogP contribution in [0.3, 0.4) is 0 Å². The molecule has 0 aliphatic carbocycles. The average Bonchev–Trinajstić information content (AvgIpc) is 3.12. The van der Waals surface area contributed by atoms with E-state index in [0.717, 1.165) is 16.9 Å². The van der Waals surface area contributed by atoms with Crippen molar-refractivity contribution in [3.05, 3.63) is 71.1 Å². The van der Waals surface area contributed by atoms with Gasteiger partial charge in [-0.3, -0.25) is 9.52 Å². The Balaban J connectivity index is 1.79. The number of aryl methyl sites for hydroxylation is 1. The number of phenolic OH excluding ortho intramolecular Hbond substituents is 1. The van der Waals surface area contributed by atoms with E-state index in [1.54, 1.807) is 23.6 Å². The number of sulfonamides is 1. The number of thiophene rings is 1. The van der Waals surface area contributed by atoms with Gasteiger partial charge in [-0.05, 0) is 42.1 Å². The molecule has 3 rings (SSSR count). The number of anilines is 2. The van der Waals surface area contributed by atoms with Crippen molar-refractivity contribution in [2.45, 2.75) is 11.1 Å². The van der Waals surface area contributed by atoms with E-state index in [-0.39, 0.29) is 21.2 Å². The molecule has 0 radical (unpaired) electrons. The Kier molecular flexibility index (Phi) is 4.97. The Morgan fingerprint density at radius 2 is 1.85 bits per heavy atom. The topological polar surface area (TPSA) is 95.5 Å². The van der Waals surface area contributed by atoms with Crippen molar-refractivity contribution in [3.8, 4) is 5.75 Å². The van der Waals surface area contributed by atoms with Gasteiger partial charge in [0.15, 0.2) is 0 Å². The molecular weight excluding hydrogens is 372 g/mol. The first kappa shape index (κ1) is 18.0. The normalized spacial score (nSPS) is 11.1. The lowest BCUT2D eigenvalue weighted by Crippen LogP contribution is -2.14. The van der Waals surface area contributed by atoms with Gasteiger partial charge in [-0.25, -0.2) is 8.42 Å². The minimum Gasteiger partial charge on any atom is -0.507 e. The van der Waals surface area contributed by atoms with E-state index in [2.05, 4.69) is 10.0 Å². The first-order valence-electron chi connectivity index (χ1n) is 7.63. The Morgan fingerprint density at radius 3 is 2.50 bits per heavy atom. The summed E-state index contributed by atoms with van der Waals surface area (Å²) in [6, 6.07) is 14.4. The maximum absolute atomic E-state index is 12.4. The number of carbonyl (C=O) groups is 1. The monoisotopic (exact) mass is 388 g/mol. The van der Waals surface area contributed by atoms with Gasteiger partial charge in [-0.1, -0.05) is 24.3 Å². The van der Waals surface area contributed by atoms with Crippen molar-refractivity contribution >= 4 is 38.6 Å². The van der Waals surface area contributed by atoms with Gasteiger partial charge in [0.05, 0.1) is 11.3 Å². The molecule has 8 heteroatoms. The molecule has 0 unspecified atom stereocenters. The average molecular weight is 388 g/mol. The second kappa shape index (κ2) is 7.19. The summed E-state index contributed by atoms with van der Waals surface area (Å²) in [5.74, 6) is -0.799. The van der Waals surface area contributed by atoms with Gasteiger partial charge >= 0.3 is 0 Å². The summed E-state index contributed by atoms with van der Waals surface area (Å²) in [4.78, 5) is 12.4. The number of nitrogens with one attached hydrogen (secondary N) is 2. The molecule has 0 spiro atoms. The van der Waals surface area contributed by atoms with E-state index in [1.807, 2.05) is 19.1 Å². The van der Waals surface area contributed by atoms with E-state index < -0.39 is 15.9 Å². The van der Waals surface area contributed by atoms with Crippen molar-refractivity contribution in [1.82, 2.24) is 0 Å². The zero-order chi connectivity index (χ0) is 18.7. The summed E-state index contributed by atoms with van der Waals surface area (Å²) >= 11 is 1.09. The van der Waals surface area contributed by atoms with Crippen LogP contribution in [0.15, 0.2) is 64.2 Å². The van der Waals surface area contributed by atoms with Crippen molar-refractivity contribution in [1.29, 1.82) is 0 Å². The van der Waals surface area contributed by atoms with Gasteiger partial charge in [-0.15, -0.1) is 11.3 Å². The van der Waals surface area contributed by atoms with Gasteiger partial charge in [0, 0.05) is 11.8 Å². The summed E-state index contributed by atoms with van der Waals surface area (Å²) in [7, 11) is -3.72. The summed E-state index contributed by atoms with van der Waals surface area (Å²) in [6.07, 6.45) is 0. The number of para-hydroxylation sites is 1. The number of phenols is 1. The van der Waals surface area contributed by atoms with Crippen molar-refractivity contribution < 1.29 is 18.3 Å². The Bertz CT molecular complexity index is 1040. The Morgan fingerprint density at radius 1 is 1.08 bits per heavy atom. The lowest BCUT2D eigenvalue weighted by Gasteiger charge is -2.11. The predicted octanol–water partition coefficient (Wildman–Crippen LogP) is 3.82. The molecule has 1 aromatic heterocycles. The van der Waals surface area contributed by atoms with E-state index in [4.69, 9.17) is 0 Å². The molecule has 6 nitrogen and oxygen atoms in total. The first-order chi connectivity index (χ1) is 12.4. The first-order valence-corrected chi connectivity index (χ1v) is 9.99. The SMILES string of the molecule is Cc1ccccc1NC(=O)c1ccc(NS(=O)(=O)c2cccs2)cc1O. The number of hydrogen-bond donors (Lipinski definition) is 3. The molecule has 26 heavy (non-hydrogen) atoms. The molecule has 1 heterocycles. The maximum atomic E-state index is 12.4. The highest BCUT2D eigenvalue weighted by Gasteiger charge is 2.17. The number of carbonyl (C=O) groups excluding carboxylic acids is 1. The van der Waals surface area contributed by atoms with Gasteiger partial charge in [0.2, 0.25) is 0 Å². The molecule has 0 fully saturated rings. The minimum absolute atomic E-state index is 0.0484. The largest absolute Gasteiger partial charge is 0.507 e. The second-order valence-electron chi connectivity index (χ2n) is 5.54. The van der Waals surface area contributed by atoms with Crippen molar-refractivity contribution in [3.63, 3.8) is 0 Å². The van der Waals surface area contributed by atoms with Crippen LogP contribution in [0.25, 0.3) is 0 Å². The molecule has 0 saturated carbocycles. The third-order valence-electron chi connectivity index (χ3n) is 3.65. The molecular formula is C18H16N2O4S2. The fourth-order valence-corrected chi connectivity index (χ4v) is 4.35. The lowest BCUT2D eigenvalue weighted by atomic mass is 10.1. The predicted molar refractivity (Wildman–Crippen MR) is 102 cm³/mol. The van der Waals surface area contributed by atoms with Gasteiger partial charge in [0.25, 0.3) is 15.9 Å². The zero-order valence-corrected chi connectivity index (χ0v) is 15.4. The number of hydrogen-bond acceptors (Lipinski definition) is 5. The Labute approximate surface area is 155 Å². The molecule has 0 aliphatic heterocycles. The molecule has 2 aromatic carbocycles. The van der Waals surface area contributed by atoms with E-state index >= 15 is 0 Å². The molecule has 0 saturated heterocycles. The second-order valence-corrected chi connectivity index (χ2v) is 8.40. The van der Waals surface area contributed by atoms with Crippen LogP contribution in [-0.4, -0.2) is 19.4 Å². The van der Waals surface area contributed by atoms with Crippen LogP contribution in [0.5, 0.6) is 5.75 Å². The van der Waals surface area contributed by atoms with Gasteiger partial charge in [0.1, 0.15) is 9.96 Å². The van der Waals surface area contributed by atoms with Crippen LogP contribution < -0.4 is 10.0 Å². The third kappa shape index (κ3) is 3.87. The van der Waals surface area contributed by atoms with Crippen molar-refractivity contribution in [2.24, 2.45) is 0 Å². The molecule has 3 N–H and O–H groups in total. The molecule has 0 aliphatic rings. The minimum atomic E-state index is -3.72. The van der Waals surface area contributed by atoms with Crippen LogP contribution in [-0.2, 0) is 10.0 Å². The molecule has 1 amide bonds. The molecule has 3 aromatic rings. The van der Waals surface area contributed by atoms with Crippen LogP contribution in [0, 0.1) is 6.92 Å². The highest BCUT2D eigenvalue weighted by atomic mass is 32.2. The quantitative estimate of drug-likeness (QED) is 0.619. The fourth-order valence-electron chi connectivity index (χ4n) is 2.31. The fraction of sp³-hybridized carbons (Fsp3) is 0.0556. The van der Waals surface area contributed by atoms with Gasteiger partial charge in [-0.2, -0.15) is 0 Å². The van der Waals surface area contributed by atoms with Crippen LogP contribution >= 0.6 is 11.3 Å². The van der Waals surface area contributed by atoms with E-state index in [9.17, 15) is 18.3 Å². The molecule has 0 atom stereocenters. The van der Waals surface area contributed by atoms with Crippen molar-refractivity contribution in [2.75, 3.05) is 10.0 Å². The number of rotatable bonds is 5. The third-order valence-corrected chi connectivity index (χ3v) is 6.43. The number of aromatic hydroxyl groups is 1.